The monoisotopic (exact) mass is 349 g/mol. The second-order valence-corrected chi connectivity index (χ2v) is 7.42. The summed E-state index contributed by atoms with van der Waals surface area (Å²) in [6.45, 7) is 2.33. The molecule has 2 aromatic rings. The van der Waals surface area contributed by atoms with Gasteiger partial charge in [0.15, 0.2) is 0 Å². The molecule has 1 aliphatic rings. The van der Waals surface area contributed by atoms with Crippen molar-refractivity contribution >= 4 is 23.1 Å². The molecule has 0 aromatic heterocycles. The number of benzene rings is 2. The largest absolute Gasteiger partial charge is 0.195 e. The Kier molecular flexibility index (Phi) is 6.55. The van der Waals surface area contributed by atoms with Crippen molar-refractivity contribution < 1.29 is 0 Å². The molecule has 0 bridgehead atoms. The van der Waals surface area contributed by atoms with Crippen LogP contribution in [0.5, 0.6) is 0 Å². The van der Waals surface area contributed by atoms with Gasteiger partial charge in [0.25, 0.3) is 0 Å². The van der Waals surface area contributed by atoms with Gasteiger partial charge in [0.2, 0.25) is 0 Å². The van der Waals surface area contributed by atoms with Crippen LogP contribution in [-0.2, 0) is 12.8 Å². The summed E-state index contributed by atoms with van der Waals surface area (Å²) in [6.07, 6.45) is 9.05. The van der Waals surface area contributed by atoms with E-state index in [0.717, 1.165) is 30.4 Å². The summed E-state index contributed by atoms with van der Waals surface area (Å²) in [5.74, 6) is 1.75. The molecule has 0 spiro atoms. The SMILES string of the molecule is CCC1CCC(c2ccc(CCc3ccc(N=C=S)cc3)cc2)CC1. The minimum absolute atomic E-state index is 0.783. The number of nitrogens with zero attached hydrogens (tertiary/aromatic N) is 1. The highest BCUT2D eigenvalue weighted by Gasteiger charge is 2.20. The van der Waals surface area contributed by atoms with Gasteiger partial charge in [-0.15, -0.1) is 0 Å². The van der Waals surface area contributed by atoms with Crippen molar-refractivity contribution in [1.82, 2.24) is 0 Å². The molecule has 25 heavy (non-hydrogen) atoms. The second kappa shape index (κ2) is 9.08. The summed E-state index contributed by atoms with van der Waals surface area (Å²) in [5.41, 5.74) is 5.18. The third-order valence-corrected chi connectivity index (χ3v) is 5.78. The number of aryl methyl sites for hydroxylation is 2. The van der Waals surface area contributed by atoms with E-state index >= 15 is 0 Å². The Morgan fingerprint density at radius 1 is 0.880 bits per heavy atom. The average molecular weight is 350 g/mol. The summed E-state index contributed by atoms with van der Waals surface area (Å²) in [5, 5.41) is 2.41. The highest BCUT2D eigenvalue weighted by atomic mass is 32.1. The molecule has 0 atom stereocenters. The Labute approximate surface area is 157 Å². The summed E-state index contributed by atoms with van der Waals surface area (Å²) < 4.78 is 0. The Hall–Kier alpha value is -1.76. The van der Waals surface area contributed by atoms with Crippen LogP contribution in [0.25, 0.3) is 0 Å². The molecule has 1 saturated carbocycles. The van der Waals surface area contributed by atoms with Crippen LogP contribution >= 0.6 is 12.2 Å². The average Bonchev–Trinajstić information content (AvgIpc) is 2.68. The van der Waals surface area contributed by atoms with Gasteiger partial charge in [0, 0.05) is 0 Å². The standard InChI is InChI=1S/C23H27NS/c1-2-18-5-11-21(12-6-18)22-13-7-19(8-14-22)3-4-20-9-15-23(16-10-20)24-17-25/h7-10,13-16,18,21H,2-6,11-12H2,1H3. The third kappa shape index (κ3) is 5.11. The Morgan fingerprint density at radius 2 is 1.44 bits per heavy atom. The van der Waals surface area contributed by atoms with E-state index in [1.54, 1.807) is 5.56 Å². The van der Waals surface area contributed by atoms with Crippen LogP contribution in [0.15, 0.2) is 53.5 Å². The highest BCUT2D eigenvalue weighted by Crippen LogP contribution is 2.36. The molecule has 1 fully saturated rings. The third-order valence-electron chi connectivity index (χ3n) is 5.69. The Balaban J connectivity index is 1.53. The fraction of sp³-hybridized carbons (Fsp3) is 0.435. The van der Waals surface area contributed by atoms with Gasteiger partial charge in [-0.3, -0.25) is 0 Å². The van der Waals surface area contributed by atoms with Gasteiger partial charge >= 0.3 is 0 Å². The van der Waals surface area contributed by atoms with Crippen molar-refractivity contribution in [1.29, 1.82) is 0 Å². The van der Waals surface area contributed by atoms with Crippen molar-refractivity contribution in [3.8, 4) is 0 Å². The lowest BCUT2D eigenvalue weighted by Gasteiger charge is -2.28. The van der Waals surface area contributed by atoms with Crippen LogP contribution < -0.4 is 0 Å². The van der Waals surface area contributed by atoms with Crippen LogP contribution in [0.4, 0.5) is 5.69 Å². The molecule has 0 radical (unpaired) electrons. The van der Waals surface area contributed by atoms with E-state index in [9.17, 15) is 0 Å². The minimum Gasteiger partial charge on any atom is -0.195 e. The molecule has 0 saturated heterocycles. The number of aliphatic imine (C=N–C) groups is 1. The van der Waals surface area contributed by atoms with E-state index in [2.05, 4.69) is 65.7 Å². The topological polar surface area (TPSA) is 12.4 Å². The number of isothiocyanates is 1. The van der Waals surface area contributed by atoms with Gasteiger partial charge in [-0.25, -0.2) is 0 Å². The highest BCUT2D eigenvalue weighted by molar-refractivity contribution is 7.78. The van der Waals surface area contributed by atoms with E-state index in [1.807, 2.05) is 12.1 Å². The van der Waals surface area contributed by atoms with E-state index < -0.39 is 0 Å². The van der Waals surface area contributed by atoms with Gasteiger partial charge in [-0.05, 0) is 91.4 Å². The van der Waals surface area contributed by atoms with E-state index in [-0.39, 0.29) is 0 Å². The summed E-state index contributed by atoms with van der Waals surface area (Å²) >= 11 is 4.63. The predicted molar refractivity (Wildman–Crippen MR) is 110 cm³/mol. The molecule has 0 aliphatic heterocycles. The van der Waals surface area contributed by atoms with E-state index in [4.69, 9.17) is 0 Å². The molecule has 1 aliphatic carbocycles. The molecule has 0 unspecified atom stereocenters. The number of hydrogen-bond acceptors (Lipinski definition) is 2. The molecule has 0 N–H and O–H groups in total. The molecule has 130 valence electrons. The first-order valence-electron chi connectivity index (χ1n) is 9.54. The van der Waals surface area contributed by atoms with Crippen LogP contribution in [0.2, 0.25) is 0 Å². The van der Waals surface area contributed by atoms with Crippen LogP contribution in [0.1, 0.15) is 61.6 Å². The van der Waals surface area contributed by atoms with Gasteiger partial charge in [0.1, 0.15) is 0 Å². The quantitative estimate of drug-likeness (QED) is 0.408. The fourth-order valence-corrected chi connectivity index (χ4v) is 4.04. The second-order valence-electron chi connectivity index (χ2n) is 7.24. The smallest absolute Gasteiger partial charge is 0.0739 e. The zero-order valence-electron chi connectivity index (χ0n) is 15.1. The lowest BCUT2D eigenvalue weighted by molar-refractivity contribution is 0.319. The molecule has 1 nitrogen and oxygen atoms in total. The molecule has 0 amide bonds. The summed E-state index contributed by atoms with van der Waals surface area (Å²) in [6, 6.07) is 17.7. The maximum absolute atomic E-state index is 4.63. The fourth-order valence-electron chi connectivity index (χ4n) is 3.94. The number of thiocarbonyl (C=S) groups is 1. The van der Waals surface area contributed by atoms with Crippen LogP contribution in [-0.4, -0.2) is 5.16 Å². The molecule has 2 heteroatoms. The molecule has 2 aromatic carbocycles. The first kappa shape index (κ1) is 18.0. The lowest BCUT2D eigenvalue weighted by atomic mass is 9.78. The van der Waals surface area contributed by atoms with Crippen molar-refractivity contribution in [2.45, 2.75) is 57.8 Å². The van der Waals surface area contributed by atoms with Gasteiger partial charge in [0.05, 0.1) is 10.8 Å². The first-order chi connectivity index (χ1) is 12.3. The van der Waals surface area contributed by atoms with Gasteiger partial charge < -0.3 is 0 Å². The summed E-state index contributed by atoms with van der Waals surface area (Å²) in [4.78, 5) is 3.99. The van der Waals surface area contributed by atoms with Crippen molar-refractivity contribution in [2.24, 2.45) is 10.9 Å². The van der Waals surface area contributed by atoms with Crippen LogP contribution in [0.3, 0.4) is 0 Å². The normalized spacial score (nSPS) is 20.0. The van der Waals surface area contributed by atoms with Crippen molar-refractivity contribution in [3.63, 3.8) is 0 Å². The zero-order valence-corrected chi connectivity index (χ0v) is 15.9. The lowest BCUT2D eigenvalue weighted by Crippen LogP contribution is -2.12. The van der Waals surface area contributed by atoms with Gasteiger partial charge in [-0.1, -0.05) is 49.7 Å². The molecule has 3 rings (SSSR count). The molecule has 0 heterocycles. The van der Waals surface area contributed by atoms with Crippen LogP contribution in [0, 0.1) is 5.92 Å². The number of rotatable bonds is 6. The zero-order chi connectivity index (χ0) is 17.5. The van der Waals surface area contributed by atoms with E-state index in [0.29, 0.717) is 0 Å². The maximum atomic E-state index is 4.63. The van der Waals surface area contributed by atoms with Crippen molar-refractivity contribution in [3.05, 3.63) is 65.2 Å². The Bertz CT molecular complexity index is 703. The Morgan fingerprint density at radius 3 is 1.96 bits per heavy atom. The first-order valence-corrected chi connectivity index (χ1v) is 9.95. The molecular formula is C23H27NS. The van der Waals surface area contributed by atoms with E-state index in [1.165, 1.54) is 43.2 Å². The maximum Gasteiger partial charge on any atom is 0.0739 e. The predicted octanol–water partition coefficient (Wildman–Crippen LogP) is 6.89. The van der Waals surface area contributed by atoms with Gasteiger partial charge in [-0.2, -0.15) is 4.99 Å². The summed E-state index contributed by atoms with van der Waals surface area (Å²) in [7, 11) is 0. The number of hydrogen-bond donors (Lipinski definition) is 0. The van der Waals surface area contributed by atoms with Crippen molar-refractivity contribution in [2.75, 3.05) is 0 Å². The minimum atomic E-state index is 0.783. The molecular weight excluding hydrogens is 322 g/mol.